The van der Waals surface area contributed by atoms with Crippen molar-refractivity contribution in [1.82, 2.24) is 10.6 Å². The monoisotopic (exact) mass is 314 g/mol. The van der Waals surface area contributed by atoms with Crippen LogP contribution in [0.5, 0.6) is 0 Å². The highest BCUT2D eigenvalue weighted by Gasteiger charge is 2.13. The van der Waals surface area contributed by atoms with Crippen molar-refractivity contribution in [2.24, 2.45) is 5.92 Å². The van der Waals surface area contributed by atoms with Crippen LogP contribution >= 0.6 is 24.2 Å². The molecule has 2 rings (SSSR count). The third kappa shape index (κ3) is 6.16. The summed E-state index contributed by atoms with van der Waals surface area (Å²) in [7, 11) is 0. The molecule has 0 spiro atoms. The molecule has 1 heterocycles. The fourth-order valence-electron chi connectivity index (χ4n) is 2.21. The summed E-state index contributed by atoms with van der Waals surface area (Å²) in [4.78, 5) is 12.9. The second kappa shape index (κ2) is 9.27. The van der Waals surface area contributed by atoms with E-state index in [-0.39, 0.29) is 18.3 Å². The first-order valence-corrected chi connectivity index (χ1v) is 7.89. The molecule has 1 atom stereocenters. The van der Waals surface area contributed by atoms with Gasteiger partial charge in [-0.2, -0.15) is 0 Å². The summed E-state index contributed by atoms with van der Waals surface area (Å²) in [5.41, 5.74) is 1.25. The van der Waals surface area contributed by atoms with E-state index >= 15 is 0 Å². The third-order valence-corrected chi connectivity index (χ3v) is 4.44. The lowest BCUT2D eigenvalue weighted by atomic mass is 10.1. The van der Waals surface area contributed by atoms with Crippen LogP contribution in [0.4, 0.5) is 0 Å². The van der Waals surface area contributed by atoms with Crippen LogP contribution in [0, 0.1) is 12.8 Å². The standard InChI is InChI=1S/C15H22N2OS.ClH/c1-12-2-4-14(5-3-12)19-11-15(18)17-9-7-13-6-8-16-10-13;/h2-5,13,16H,6-11H2,1H3,(H,17,18);1H. The number of aryl methyl sites for hydroxylation is 1. The number of thioether (sulfide) groups is 1. The first-order chi connectivity index (χ1) is 9.24. The summed E-state index contributed by atoms with van der Waals surface area (Å²) in [6, 6.07) is 8.29. The van der Waals surface area contributed by atoms with Gasteiger partial charge < -0.3 is 10.6 Å². The Bertz CT molecular complexity index is 405. The van der Waals surface area contributed by atoms with Crippen molar-refractivity contribution in [2.45, 2.75) is 24.7 Å². The molecule has 0 aromatic heterocycles. The van der Waals surface area contributed by atoms with Gasteiger partial charge in [-0.25, -0.2) is 0 Å². The number of hydrogen-bond donors (Lipinski definition) is 2. The number of rotatable bonds is 6. The zero-order chi connectivity index (χ0) is 13.5. The summed E-state index contributed by atoms with van der Waals surface area (Å²) in [5, 5.41) is 6.35. The highest BCUT2D eigenvalue weighted by Crippen LogP contribution is 2.17. The van der Waals surface area contributed by atoms with Gasteiger partial charge in [0, 0.05) is 11.4 Å². The van der Waals surface area contributed by atoms with E-state index in [4.69, 9.17) is 0 Å². The predicted molar refractivity (Wildman–Crippen MR) is 87.8 cm³/mol. The van der Waals surface area contributed by atoms with Crippen LogP contribution in [0.2, 0.25) is 0 Å². The molecule has 1 aromatic rings. The molecular formula is C15H23ClN2OS. The fourth-order valence-corrected chi connectivity index (χ4v) is 2.94. The quantitative estimate of drug-likeness (QED) is 0.793. The van der Waals surface area contributed by atoms with Gasteiger partial charge in [-0.15, -0.1) is 24.2 Å². The molecule has 1 aliphatic rings. The molecule has 0 radical (unpaired) electrons. The molecular weight excluding hydrogens is 292 g/mol. The van der Waals surface area contributed by atoms with E-state index in [2.05, 4.69) is 41.8 Å². The van der Waals surface area contributed by atoms with Crippen LogP contribution in [-0.2, 0) is 4.79 Å². The van der Waals surface area contributed by atoms with E-state index in [1.54, 1.807) is 11.8 Å². The SMILES string of the molecule is Cc1ccc(SCC(=O)NCCC2CCNC2)cc1.Cl. The van der Waals surface area contributed by atoms with Crippen LogP contribution < -0.4 is 10.6 Å². The number of nitrogens with one attached hydrogen (secondary N) is 2. The third-order valence-electron chi connectivity index (χ3n) is 3.43. The molecule has 1 unspecified atom stereocenters. The van der Waals surface area contributed by atoms with Gasteiger partial charge in [0.15, 0.2) is 0 Å². The predicted octanol–water partition coefficient (Wildman–Crippen LogP) is 2.62. The molecule has 1 aromatic carbocycles. The summed E-state index contributed by atoms with van der Waals surface area (Å²) in [5.74, 6) is 1.38. The minimum atomic E-state index is 0. The van der Waals surface area contributed by atoms with Crippen LogP contribution in [0.3, 0.4) is 0 Å². The average molecular weight is 315 g/mol. The Kier molecular flexibility index (Phi) is 8.04. The Labute approximate surface area is 131 Å². The normalized spacial score (nSPS) is 17.6. The average Bonchev–Trinajstić information content (AvgIpc) is 2.91. The van der Waals surface area contributed by atoms with Crippen LogP contribution in [0.15, 0.2) is 29.2 Å². The lowest BCUT2D eigenvalue weighted by Gasteiger charge is -2.09. The summed E-state index contributed by atoms with van der Waals surface area (Å²) >= 11 is 1.60. The summed E-state index contributed by atoms with van der Waals surface area (Å²) in [6.45, 7) is 5.11. The van der Waals surface area contributed by atoms with E-state index in [0.717, 1.165) is 36.9 Å². The van der Waals surface area contributed by atoms with Crippen LogP contribution in [0.1, 0.15) is 18.4 Å². The van der Waals surface area contributed by atoms with E-state index in [1.807, 2.05) is 0 Å². The highest BCUT2D eigenvalue weighted by atomic mass is 35.5. The molecule has 0 bridgehead atoms. The second-order valence-corrected chi connectivity index (χ2v) is 6.15. The minimum Gasteiger partial charge on any atom is -0.355 e. The molecule has 2 N–H and O–H groups in total. The minimum absolute atomic E-state index is 0. The van der Waals surface area contributed by atoms with Crippen molar-refractivity contribution in [3.05, 3.63) is 29.8 Å². The van der Waals surface area contributed by atoms with Gasteiger partial charge >= 0.3 is 0 Å². The number of carbonyl (C=O) groups is 1. The molecule has 1 aliphatic heterocycles. The van der Waals surface area contributed by atoms with Crippen LogP contribution in [-0.4, -0.2) is 31.3 Å². The van der Waals surface area contributed by atoms with E-state index in [1.165, 1.54) is 12.0 Å². The van der Waals surface area contributed by atoms with Gasteiger partial charge in [0.05, 0.1) is 5.75 Å². The summed E-state index contributed by atoms with van der Waals surface area (Å²) < 4.78 is 0. The fraction of sp³-hybridized carbons (Fsp3) is 0.533. The maximum Gasteiger partial charge on any atom is 0.230 e. The molecule has 1 saturated heterocycles. The number of amides is 1. The van der Waals surface area contributed by atoms with Gasteiger partial charge in [0.1, 0.15) is 0 Å². The molecule has 0 aliphatic carbocycles. The van der Waals surface area contributed by atoms with E-state index in [0.29, 0.717) is 5.75 Å². The zero-order valence-electron chi connectivity index (χ0n) is 11.9. The maximum absolute atomic E-state index is 11.7. The Hall–Kier alpha value is -0.710. The largest absolute Gasteiger partial charge is 0.355 e. The van der Waals surface area contributed by atoms with Gasteiger partial charge in [-0.3, -0.25) is 4.79 Å². The lowest BCUT2D eigenvalue weighted by molar-refractivity contribution is -0.118. The zero-order valence-corrected chi connectivity index (χ0v) is 13.5. The number of benzene rings is 1. The van der Waals surface area contributed by atoms with Crippen molar-refractivity contribution >= 4 is 30.1 Å². The van der Waals surface area contributed by atoms with Crippen molar-refractivity contribution in [3.63, 3.8) is 0 Å². The maximum atomic E-state index is 11.7. The molecule has 20 heavy (non-hydrogen) atoms. The highest BCUT2D eigenvalue weighted by molar-refractivity contribution is 8.00. The molecule has 0 saturated carbocycles. The first kappa shape index (κ1) is 17.3. The van der Waals surface area contributed by atoms with Gasteiger partial charge in [-0.1, -0.05) is 17.7 Å². The van der Waals surface area contributed by atoms with Crippen LogP contribution in [0.25, 0.3) is 0 Å². The summed E-state index contributed by atoms with van der Waals surface area (Å²) in [6.07, 6.45) is 2.34. The van der Waals surface area contributed by atoms with Gasteiger partial charge in [0.2, 0.25) is 5.91 Å². The van der Waals surface area contributed by atoms with Gasteiger partial charge in [-0.05, 0) is 50.9 Å². The molecule has 5 heteroatoms. The Morgan fingerprint density at radius 1 is 1.40 bits per heavy atom. The van der Waals surface area contributed by atoms with Crippen molar-refractivity contribution < 1.29 is 4.79 Å². The van der Waals surface area contributed by atoms with E-state index in [9.17, 15) is 4.79 Å². The lowest BCUT2D eigenvalue weighted by Crippen LogP contribution is -2.27. The second-order valence-electron chi connectivity index (χ2n) is 5.10. The smallest absolute Gasteiger partial charge is 0.230 e. The molecule has 3 nitrogen and oxygen atoms in total. The van der Waals surface area contributed by atoms with Crippen molar-refractivity contribution in [1.29, 1.82) is 0 Å². The van der Waals surface area contributed by atoms with Crippen molar-refractivity contribution in [2.75, 3.05) is 25.4 Å². The Morgan fingerprint density at radius 3 is 2.80 bits per heavy atom. The molecule has 112 valence electrons. The number of carbonyl (C=O) groups excluding carboxylic acids is 1. The Morgan fingerprint density at radius 2 is 2.15 bits per heavy atom. The van der Waals surface area contributed by atoms with Gasteiger partial charge in [0.25, 0.3) is 0 Å². The van der Waals surface area contributed by atoms with E-state index < -0.39 is 0 Å². The Balaban J connectivity index is 0.00000200. The molecule has 1 amide bonds. The first-order valence-electron chi connectivity index (χ1n) is 6.91. The topological polar surface area (TPSA) is 41.1 Å². The van der Waals surface area contributed by atoms with Crippen molar-refractivity contribution in [3.8, 4) is 0 Å². The molecule has 1 fully saturated rings. The number of halogens is 1. The number of hydrogen-bond acceptors (Lipinski definition) is 3.